The van der Waals surface area contributed by atoms with E-state index >= 15 is 0 Å². The average molecular weight is 466 g/mol. The zero-order chi connectivity index (χ0) is 23.4. The van der Waals surface area contributed by atoms with Gasteiger partial charge in [0.05, 0.1) is 5.41 Å². The van der Waals surface area contributed by atoms with Gasteiger partial charge in [0.25, 0.3) is 0 Å². The normalized spacial score (nSPS) is 13.8. The van der Waals surface area contributed by atoms with Gasteiger partial charge in [0, 0.05) is 42.1 Å². The summed E-state index contributed by atoms with van der Waals surface area (Å²) in [4.78, 5) is 33.6. The van der Waals surface area contributed by atoms with Crippen LogP contribution in [0.1, 0.15) is 37.8 Å². The van der Waals surface area contributed by atoms with Gasteiger partial charge in [-0.05, 0) is 50.3 Å². The zero-order valence-corrected chi connectivity index (χ0v) is 20.1. The Morgan fingerprint density at radius 2 is 1.76 bits per heavy atom. The van der Waals surface area contributed by atoms with Crippen LogP contribution in [0.15, 0.2) is 60.8 Å². The van der Waals surface area contributed by atoms with Crippen LogP contribution in [0.5, 0.6) is 0 Å². The van der Waals surface area contributed by atoms with Gasteiger partial charge in [-0.3, -0.25) is 9.59 Å². The summed E-state index contributed by atoms with van der Waals surface area (Å²) in [6.45, 7) is 4.90. The maximum Gasteiger partial charge on any atom is 0.242 e. The van der Waals surface area contributed by atoms with Crippen molar-refractivity contribution in [1.29, 1.82) is 0 Å². The number of fused-ring (bicyclic) bond motifs is 1. The van der Waals surface area contributed by atoms with Crippen LogP contribution in [0.3, 0.4) is 0 Å². The number of aromatic amines is 1. The number of nitrogens with one attached hydrogen (secondary N) is 1. The molecule has 0 spiro atoms. The molecule has 1 aromatic heterocycles. The summed E-state index contributed by atoms with van der Waals surface area (Å²) in [5.41, 5.74) is 2.69. The van der Waals surface area contributed by atoms with Gasteiger partial charge in [-0.1, -0.05) is 48.5 Å². The molecule has 0 unspecified atom stereocenters. The van der Waals surface area contributed by atoms with Crippen molar-refractivity contribution in [2.75, 3.05) is 19.0 Å². The summed E-state index contributed by atoms with van der Waals surface area (Å²) < 4.78 is 0. The summed E-state index contributed by atoms with van der Waals surface area (Å²) in [6, 6.07) is 18.4. The first kappa shape index (κ1) is 23.4. The number of halogens is 1. The predicted molar refractivity (Wildman–Crippen MR) is 133 cm³/mol. The van der Waals surface area contributed by atoms with Gasteiger partial charge in [0.2, 0.25) is 11.8 Å². The van der Waals surface area contributed by atoms with E-state index in [0.717, 1.165) is 30.3 Å². The van der Waals surface area contributed by atoms with E-state index in [2.05, 4.69) is 17.1 Å². The number of benzene rings is 2. The van der Waals surface area contributed by atoms with Crippen LogP contribution in [-0.4, -0.2) is 51.6 Å². The molecule has 174 valence electrons. The van der Waals surface area contributed by atoms with E-state index < -0.39 is 5.41 Å². The number of carbonyl (C=O) groups excluding carboxylic acids is 2. The molecule has 1 N–H and O–H groups in total. The predicted octanol–water partition coefficient (Wildman–Crippen LogP) is 5.00. The fraction of sp³-hybridized carbons (Fsp3) is 0.407. The van der Waals surface area contributed by atoms with Crippen molar-refractivity contribution in [3.63, 3.8) is 0 Å². The van der Waals surface area contributed by atoms with E-state index in [4.69, 9.17) is 11.6 Å². The lowest BCUT2D eigenvalue weighted by molar-refractivity contribution is -0.146. The van der Waals surface area contributed by atoms with Gasteiger partial charge in [-0.15, -0.1) is 11.6 Å². The average Bonchev–Trinajstić information content (AvgIpc) is 3.60. The van der Waals surface area contributed by atoms with Crippen LogP contribution in [0.2, 0.25) is 0 Å². The number of amides is 2. The maximum absolute atomic E-state index is 13.5. The van der Waals surface area contributed by atoms with E-state index in [-0.39, 0.29) is 30.3 Å². The number of alkyl halides is 1. The maximum atomic E-state index is 13.5. The molecule has 0 saturated heterocycles. The lowest BCUT2D eigenvalue weighted by Crippen LogP contribution is -2.49. The third kappa shape index (κ3) is 5.59. The van der Waals surface area contributed by atoms with Gasteiger partial charge in [0.1, 0.15) is 6.54 Å². The van der Waals surface area contributed by atoms with Crippen LogP contribution in [-0.2, 0) is 22.6 Å². The van der Waals surface area contributed by atoms with Crippen molar-refractivity contribution in [1.82, 2.24) is 14.8 Å². The third-order valence-corrected chi connectivity index (χ3v) is 7.03. The number of hydrogen-bond acceptors (Lipinski definition) is 2. The molecule has 1 aliphatic rings. The monoisotopic (exact) mass is 465 g/mol. The van der Waals surface area contributed by atoms with E-state index in [1.54, 1.807) is 4.90 Å². The molecule has 33 heavy (non-hydrogen) atoms. The van der Waals surface area contributed by atoms with Gasteiger partial charge in [-0.2, -0.15) is 0 Å². The van der Waals surface area contributed by atoms with Crippen molar-refractivity contribution in [2.45, 2.75) is 45.7 Å². The second-order valence-electron chi connectivity index (χ2n) is 9.59. The molecule has 0 aliphatic heterocycles. The number of nitrogens with zero attached hydrogens (tertiary/aromatic N) is 2. The topological polar surface area (TPSA) is 56.4 Å². The van der Waals surface area contributed by atoms with Crippen molar-refractivity contribution in [3.8, 4) is 0 Å². The molecule has 1 heterocycles. The highest BCUT2D eigenvalue weighted by Crippen LogP contribution is 2.32. The SMILES string of the molecule is CC(C)(CCl)C(=O)N(CC(=O)N(CCc1c[nH]c2ccccc12)Cc1ccccc1)C1CC1. The number of aromatic nitrogens is 1. The minimum Gasteiger partial charge on any atom is -0.361 e. The molecule has 4 rings (SSSR count). The molecular weight excluding hydrogens is 434 g/mol. The lowest BCUT2D eigenvalue weighted by atomic mass is 9.94. The van der Waals surface area contributed by atoms with Crippen molar-refractivity contribution >= 4 is 34.3 Å². The summed E-state index contributed by atoms with van der Waals surface area (Å²) in [6.07, 6.45) is 4.67. The summed E-state index contributed by atoms with van der Waals surface area (Å²) in [5, 5.41) is 1.18. The molecule has 2 amide bonds. The highest BCUT2D eigenvalue weighted by molar-refractivity contribution is 6.19. The Morgan fingerprint density at radius 1 is 1.06 bits per heavy atom. The van der Waals surface area contributed by atoms with Crippen LogP contribution >= 0.6 is 11.6 Å². The second kappa shape index (κ2) is 10.0. The van der Waals surface area contributed by atoms with Gasteiger partial charge >= 0.3 is 0 Å². The first-order valence-corrected chi connectivity index (χ1v) is 12.2. The van der Waals surface area contributed by atoms with E-state index in [0.29, 0.717) is 13.1 Å². The van der Waals surface area contributed by atoms with Crippen LogP contribution in [0.25, 0.3) is 10.9 Å². The lowest BCUT2D eigenvalue weighted by Gasteiger charge is -2.32. The molecular formula is C27H32ClN3O2. The molecule has 2 aromatic carbocycles. The first-order chi connectivity index (χ1) is 15.9. The Kier molecular flexibility index (Phi) is 7.08. The first-order valence-electron chi connectivity index (χ1n) is 11.6. The summed E-state index contributed by atoms with van der Waals surface area (Å²) in [7, 11) is 0. The molecule has 3 aromatic rings. The van der Waals surface area contributed by atoms with Crippen molar-refractivity contribution in [3.05, 3.63) is 71.9 Å². The molecule has 5 nitrogen and oxygen atoms in total. The largest absolute Gasteiger partial charge is 0.361 e. The highest BCUT2D eigenvalue weighted by Gasteiger charge is 2.40. The quantitative estimate of drug-likeness (QED) is 0.428. The van der Waals surface area contributed by atoms with Gasteiger partial charge < -0.3 is 14.8 Å². The van der Waals surface area contributed by atoms with E-state index in [1.807, 2.05) is 67.4 Å². The Hall–Kier alpha value is -2.79. The van der Waals surface area contributed by atoms with Crippen molar-refractivity contribution < 1.29 is 9.59 Å². The fourth-order valence-electron chi connectivity index (χ4n) is 4.13. The Morgan fingerprint density at radius 3 is 2.45 bits per heavy atom. The number of para-hydroxylation sites is 1. The molecule has 0 atom stereocenters. The molecule has 0 bridgehead atoms. The Labute approximate surface area is 200 Å². The Balaban J connectivity index is 1.51. The molecule has 1 aliphatic carbocycles. The van der Waals surface area contributed by atoms with Gasteiger partial charge in [-0.25, -0.2) is 0 Å². The van der Waals surface area contributed by atoms with E-state index in [1.165, 1.54) is 10.9 Å². The standard InChI is InChI=1S/C27H32ClN3O2/c1-27(2,19-28)26(33)31(22-12-13-22)18-25(32)30(17-20-8-4-3-5-9-20)15-14-21-16-29-24-11-7-6-10-23(21)24/h3-11,16,22,29H,12-15,17-19H2,1-2H3. The van der Waals surface area contributed by atoms with Crippen LogP contribution < -0.4 is 0 Å². The van der Waals surface area contributed by atoms with Crippen molar-refractivity contribution in [2.24, 2.45) is 5.41 Å². The number of H-pyrrole nitrogens is 1. The molecule has 1 saturated carbocycles. The molecule has 6 heteroatoms. The minimum absolute atomic E-state index is 0.0238. The zero-order valence-electron chi connectivity index (χ0n) is 19.4. The third-order valence-electron chi connectivity index (χ3n) is 6.36. The number of carbonyl (C=O) groups is 2. The minimum atomic E-state index is -0.682. The highest BCUT2D eigenvalue weighted by atomic mass is 35.5. The van der Waals surface area contributed by atoms with Crippen LogP contribution in [0, 0.1) is 5.41 Å². The molecule has 0 radical (unpaired) electrons. The van der Waals surface area contributed by atoms with E-state index in [9.17, 15) is 9.59 Å². The fourth-order valence-corrected chi connectivity index (χ4v) is 4.25. The number of rotatable bonds is 10. The van der Waals surface area contributed by atoms with Crippen LogP contribution in [0.4, 0.5) is 0 Å². The van der Waals surface area contributed by atoms with Gasteiger partial charge in [0.15, 0.2) is 0 Å². The second-order valence-corrected chi connectivity index (χ2v) is 9.86. The summed E-state index contributed by atoms with van der Waals surface area (Å²) >= 11 is 6.07. The molecule has 1 fully saturated rings. The number of hydrogen-bond donors (Lipinski definition) is 1. The Bertz CT molecular complexity index is 1100. The smallest absolute Gasteiger partial charge is 0.242 e. The summed E-state index contributed by atoms with van der Waals surface area (Å²) in [5.74, 6) is 0.173.